The summed E-state index contributed by atoms with van der Waals surface area (Å²) in [6.45, 7) is 8.41. The minimum atomic E-state index is -0.465. The molecule has 166 valence electrons. The molecule has 32 heavy (non-hydrogen) atoms. The van der Waals surface area contributed by atoms with Gasteiger partial charge in [-0.1, -0.05) is 29.8 Å². The number of hydrogen-bond donors (Lipinski definition) is 3. The van der Waals surface area contributed by atoms with Crippen molar-refractivity contribution in [2.24, 2.45) is 5.73 Å². The van der Waals surface area contributed by atoms with Gasteiger partial charge in [-0.05, 0) is 69.4 Å². The van der Waals surface area contributed by atoms with Gasteiger partial charge in [-0.2, -0.15) is 5.10 Å². The smallest absolute Gasteiger partial charge is 0.265 e. The zero-order valence-corrected chi connectivity index (χ0v) is 19.5. The maximum absolute atomic E-state index is 12.2. The van der Waals surface area contributed by atoms with Crippen LogP contribution in [0.1, 0.15) is 45.0 Å². The number of primary amides is 1. The Kier molecular flexibility index (Phi) is 5.98. The summed E-state index contributed by atoms with van der Waals surface area (Å²) in [5, 5.41) is 9.11. The molecule has 1 amide bonds. The molecule has 2 aromatic carbocycles. The summed E-state index contributed by atoms with van der Waals surface area (Å²) in [5.41, 5.74) is 13.9. The third-order valence-electron chi connectivity index (χ3n) is 5.84. The summed E-state index contributed by atoms with van der Waals surface area (Å²) in [4.78, 5) is 15.5. The number of ether oxygens (including phenoxy) is 1. The fraction of sp³-hybridized carbons (Fsp3) is 0.280. The monoisotopic (exact) mass is 450 g/mol. The summed E-state index contributed by atoms with van der Waals surface area (Å²) in [7, 11) is 0. The van der Waals surface area contributed by atoms with E-state index in [-0.39, 0.29) is 0 Å². The van der Waals surface area contributed by atoms with Gasteiger partial charge in [0.25, 0.3) is 5.91 Å². The molecule has 6 nitrogen and oxygen atoms in total. The molecule has 0 spiro atoms. The van der Waals surface area contributed by atoms with Crippen molar-refractivity contribution < 1.29 is 9.53 Å². The zero-order valence-electron chi connectivity index (χ0n) is 18.7. The summed E-state index contributed by atoms with van der Waals surface area (Å²) >= 11 is 6.24. The highest BCUT2D eigenvalue weighted by Gasteiger charge is 2.20. The molecule has 0 saturated carbocycles. The lowest BCUT2D eigenvalue weighted by atomic mass is 9.98. The minimum Gasteiger partial charge on any atom is -0.494 e. The van der Waals surface area contributed by atoms with Crippen LogP contribution < -0.4 is 10.5 Å². The van der Waals surface area contributed by atoms with Crippen LogP contribution in [0.5, 0.6) is 5.75 Å². The number of rotatable bonds is 7. The van der Waals surface area contributed by atoms with Crippen LogP contribution in [0.4, 0.5) is 0 Å². The van der Waals surface area contributed by atoms with Crippen molar-refractivity contribution in [3.8, 4) is 16.9 Å². The first kappa shape index (κ1) is 22.0. The van der Waals surface area contributed by atoms with Gasteiger partial charge >= 0.3 is 0 Å². The topological polar surface area (TPSA) is 96.8 Å². The molecule has 0 aliphatic rings. The summed E-state index contributed by atoms with van der Waals surface area (Å²) in [6.07, 6.45) is 1.40. The first-order valence-corrected chi connectivity index (χ1v) is 11.0. The standard InChI is InChI=1S/C25H27ClN4O2/c1-13-11-17(12-14(2)22(13)26)32-10-6-9-19-18-7-5-8-20(21-15(3)29-30-16(21)4)23(18)28-24(19)25(27)31/h5,7-8,11-12,28H,6,9-10H2,1-4H3,(H2,27,31)(H,29,30). The lowest BCUT2D eigenvalue weighted by Crippen LogP contribution is -2.14. The van der Waals surface area contributed by atoms with Gasteiger partial charge < -0.3 is 15.5 Å². The van der Waals surface area contributed by atoms with Gasteiger partial charge in [-0.15, -0.1) is 0 Å². The van der Waals surface area contributed by atoms with E-state index in [1.165, 1.54) is 0 Å². The molecule has 4 N–H and O–H groups in total. The lowest BCUT2D eigenvalue weighted by Gasteiger charge is -2.10. The Morgan fingerprint density at radius 2 is 1.88 bits per heavy atom. The van der Waals surface area contributed by atoms with Gasteiger partial charge in [-0.3, -0.25) is 9.89 Å². The highest BCUT2D eigenvalue weighted by atomic mass is 35.5. The fourth-order valence-electron chi connectivity index (χ4n) is 4.33. The molecule has 0 saturated heterocycles. The highest BCUT2D eigenvalue weighted by molar-refractivity contribution is 6.32. The number of nitrogens with one attached hydrogen (secondary N) is 2. The van der Waals surface area contributed by atoms with Crippen LogP contribution in [0, 0.1) is 27.7 Å². The average Bonchev–Trinajstić information content (AvgIpc) is 3.29. The van der Waals surface area contributed by atoms with Gasteiger partial charge in [0.1, 0.15) is 11.4 Å². The van der Waals surface area contributed by atoms with E-state index in [1.54, 1.807) is 0 Å². The SMILES string of the molecule is Cc1cc(OCCCc2c(C(N)=O)[nH]c3c(-c4c(C)n[nH]c4C)cccc23)cc(C)c1Cl. The molecule has 4 aromatic rings. The summed E-state index contributed by atoms with van der Waals surface area (Å²) < 4.78 is 5.95. The number of nitrogens with zero attached hydrogens (tertiary/aromatic N) is 1. The molecular weight excluding hydrogens is 424 g/mol. The first-order chi connectivity index (χ1) is 15.3. The van der Waals surface area contributed by atoms with E-state index in [0.717, 1.165) is 67.3 Å². The number of aryl methyl sites for hydroxylation is 5. The quantitative estimate of drug-likeness (QED) is 0.322. The predicted octanol–water partition coefficient (Wildman–Crippen LogP) is 5.56. The molecule has 0 aliphatic carbocycles. The van der Waals surface area contributed by atoms with Crippen LogP contribution in [0.2, 0.25) is 5.02 Å². The molecule has 0 atom stereocenters. The Bertz CT molecular complexity index is 1280. The van der Waals surface area contributed by atoms with Crippen LogP contribution in [0.25, 0.3) is 22.0 Å². The third-order valence-corrected chi connectivity index (χ3v) is 6.43. The number of carbonyl (C=O) groups excluding carboxylic acids is 1. The van der Waals surface area contributed by atoms with Crippen LogP contribution in [0.15, 0.2) is 30.3 Å². The largest absolute Gasteiger partial charge is 0.494 e. The highest BCUT2D eigenvalue weighted by Crippen LogP contribution is 2.35. The number of carbonyl (C=O) groups is 1. The normalized spacial score (nSPS) is 11.3. The van der Waals surface area contributed by atoms with Gasteiger partial charge in [0.15, 0.2) is 0 Å². The third kappa shape index (κ3) is 3.98. The molecule has 0 aliphatic heterocycles. The Hall–Kier alpha value is -3.25. The van der Waals surface area contributed by atoms with Crippen molar-refractivity contribution in [1.82, 2.24) is 15.2 Å². The van der Waals surface area contributed by atoms with Gasteiger partial charge in [0.2, 0.25) is 0 Å². The van der Waals surface area contributed by atoms with Crippen molar-refractivity contribution in [1.29, 1.82) is 0 Å². The predicted molar refractivity (Wildman–Crippen MR) is 129 cm³/mol. The number of hydrogen-bond acceptors (Lipinski definition) is 3. The number of nitrogens with two attached hydrogens (primary N) is 1. The maximum atomic E-state index is 12.2. The number of fused-ring (bicyclic) bond motifs is 1. The number of para-hydroxylation sites is 1. The molecule has 2 aromatic heterocycles. The zero-order chi connectivity index (χ0) is 23.0. The van der Waals surface area contributed by atoms with E-state index in [4.69, 9.17) is 22.1 Å². The molecular formula is C25H27ClN4O2. The van der Waals surface area contributed by atoms with Crippen molar-refractivity contribution >= 4 is 28.4 Å². The lowest BCUT2D eigenvalue weighted by molar-refractivity contribution is 0.0995. The minimum absolute atomic E-state index is 0.449. The van der Waals surface area contributed by atoms with Crippen LogP contribution in [-0.2, 0) is 6.42 Å². The molecule has 0 radical (unpaired) electrons. The Morgan fingerprint density at radius 1 is 1.16 bits per heavy atom. The van der Waals surface area contributed by atoms with Crippen molar-refractivity contribution in [2.75, 3.05) is 6.61 Å². The molecule has 0 unspecified atom stereocenters. The number of benzene rings is 2. The second-order valence-corrected chi connectivity index (χ2v) is 8.58. The molecule has 7 heteroatoms. The molecule has 0 bridgehead atoms. The van der Waals surface area contributed by atoms with Gasteiger partial charge in [0, 0.05) is 27.2 Å². The second kappa shape index (κ2) is 8.71. The van der Waals surface area contributed by atoms with E-state index in [2.05, 4.69) is 15.2 Å². The maximum Gasteiger partial charge on any atom is 0.265 e. The van der Waals surface area contributed by atoms with Crippen LogP contribution in [0.3, 0.4) is 0 Å². The number of amides is 1. The van der Waals surface area contributed by atoms with E-state index < -0.39 is 5.91 Å². The fourth-order valence-corrected chi connectivity index (χ4v) is 4.44. The van der Waals surface area contributed by atoms with Crippen molar-refractivity contribution in [3.63, 3.8) is 0 Å². The number of aromatic nitrogens is 3. The summed E-state index contributed by atoms with van der Waals surface area (Å²) in [6, 6.07) is 9.94. The second-order valence-electron chi connectivity index (χ2n) is 8.20. The molecule has 4 rings (SSSR count). The van der Waals surface area contributed by atoms with Gasteiger partial charge in [-0.25, -0.2) is 0 Å². The Labute approximate surface area is 192 Å². The van der Waals surface area contributed by atoms with E-state index >= 15 is 0 Å². The van der Waals surface area contributed by atoms with Crippen LogP contribution >= 0.6 is 11.6 Å². The average molecular weight is 451 g/mol. The van der Waals surface area contributed by atoms with E-state index in [0.29, 0.717) is 18.7 Å². The molecule has 0 fully saturated rings. The summed E-state index contributed by atoms with van der Waals surface area (Å²) in [5.74, 6) is 0.333. The number of aromatic amines is 2. The van der Waals surface area contributed by atoms with Crippen molar-refractivity contribution in [2.45, 2.75) is 40.5 Å². The molecule has 2 heterocycles. The van der Waals surface area contributed by atoms with Crippen molar-refractivity contribution in [3.05, 3.63) is 69.1 Å². The van der Waals surface area contributed by atoms with Crippen LogP contribution in [-0.4, -0.2) is 27.7 Å². The van der Waals surface area contributed by atoms with E-state index in [9.17, 15) is 4.79 Å². The number of halogens is 1. The number of H-pyrrole nitrogens is 2. The first-order valence-electron chi connectivity index (χ1n) is 10.6. The van der Waals surface area contributed by atoms with E-state index in [1.807, 2.05) is 58.0 Å². The Morgan fingerprint density at radius 3 is 2.50 bits per heavy atom. The van der Waals surface area contributed by atoms with Gasteiger partial charge in [0.05, 0.1) is 17.8 Å². The Balaban J connectivity index is 1.60.